The third-order valence-corrected chi connectivity index (χ3v) is 1.91. The fourth-order valence-corrected chi connectivity index (χ4v) is 1.32. The van der Waals surface area contributed by atoms with Crippen molar-refractivity contribution in [2.45, 2.75) is 0 Å². The van der Waals surface area contributed by atoms with E-state index in [1.807, 2.05) is 12.1 Å². The van der Waals surface area contributed by atoms with Crippen LogP contribution in [0, 0.1) is 0 Å². The van der Waals surface area contributed by atoms with E-state index < -0.39 is 0 Å². The highest BCUT2D eigenvalue weighted by Crippen LogP contribution is 2.25. The molecule has 2 aromatic heterocycles. The van der Waals surface area contributed by atoms with Crippen LogP contribution in [-0.4, -0.2) is 15.0 Å². The Morgan fingerprint density at radius 3 is 2.54 bits per heavy atom. The number of aromatic nitrogens is 3. The van der Waals surface area contributed by atoms with Crippen LogP contribution in [0.25, 0.3) is 11.3 Å². The third-order valence-electron chi connectivity index (χ3n) is 1.63. The quantitative estimate of drug-likeness (QED) is 0.726. The van der Waals surface area contributed by atoms with Gasteiger partial charge in [-0.1, -0.05) is 11.6 Å². The van der Waals surface area contributed by atoms with Gasteiger partial charge < -0.3 is 10.7 Å². The molecule has 2 aromatic rings. The van der Waals surface area contributed by atoms with E-state index in [2.05, 4.69) is 15.0 Å². The smallest absolute Gasteiger partial charge is 0.199 e. The number of halogens is 1. The van der Waals surface area contributed by atoms with E-state index in [9.17, 15) is 0 Å². The molecule has 0 aromatic carbocycles. The highest BCUT2D eigenvalue weighted by Gasteiger charge is 2.07. The number of nitrogen functional groups attached to an aromatic ring is 1. The average Bonchev–Trinajstić information content (AvgIpc) is 2.47. The second-order valence-electron chi connectivity index (χ2n) is 2.52. The van der Waals surface area contributed by atoms with Crippen LogP contribution in [0.3, 0.4) is 0 Å². The maximum atomic E-state index is 5.86. The van der Waals surface area contributed by atoms with Crippen LogP contribution < -0.4 is 5.73 Å². The number of hydrogen-bond acceptors (Lipinski definition) is 3. The van der Waals surface area contributed by atoms with E-state index in [4.69, 9.17) is 17.3 Å². The molecule has 0 atom stereocenters. The summed E-state index contributed by atoms with van der Waals surface area (Å²) >= 11 is 5.86. The molecule has 0 saturated carbocycles. The standard InChI is InChI=1S/C8H7ClN4/c9-7-6(12-8(10)13-7)5-1-3-11-4-2-5/h1-4H,(H3,10,12,13). The molecular weight excluding hydrogens is 188 g/mol. The van der Waals surface area contributed by atoms with Gasteiger partial charge in [0.1, 0.15) is 10.8 Å². The Labute approximate surface area is 79.8 Å². The predicted octanol–water partition coefficient (Wildman–Crippen LogP) is 1.71. The number of rotatable bonds is 1. The lowest BCUT2D eigenvalue weighted by Crippen LogP contribution is -1.85. The van der Waals surface area contributed by atoms with Gasteiger partial charge >= 0.3 is 0 Å². The minimum absolute atomic E-state index is 0.316. The highest BCUT2D eigenvalue weighted by atomic mass is 35.5. The molecule has 66 valence electrons. The minimum atomic E-state index is 0.316. The van der Waals surface area contributed by atoms with Crippen molar-refractivity contribution in [3.8, 4) is 11.3 Å². The fraction of sp³-hybridized carbons (Fsp3) is 0. The Kier molecular flexibility index (Phi) is 1.90. The summed E-state index contributed by atoms with van der Waals surface area (Å²) in [7, 11) is 0. The van der Waals surface area contributed by atoms with Crippen LogP contribution in [0.4, 0.5) is 5.95 Å². The number of nitrogens with zero attached hydrogens (tertiary/aromatic N) is 2. The molecule has 0 aliphatic rings. The second-order valence-corrected chi connectivity index (χ2v) is 2.90. The molecule has 13 heavy (non-hydrogen) atoms. The van der Waals surface area contributed by atoms with Crippen molar-refractivity contribution < 1.29 is 0 Å². The van der Waals surface area contributed by atoms with Gasteiger partial charge in [-0.3, -0.25) is 4.98 Å². The molecule has 3 N–H and O–H groups in total. The van der Waals surface area contributed by atoms with E-state index in [1.165, 1.54) is 0 Å². The van der Waals surface area contributed by atoms with Crippen molar-refractivity contribution in [1.82, 2.24) is 15.0 Å². The third kappa shape index (κ3) is 1.48. The van der Waals surface area contributed by atoms with Gasteiger partial charge in [-0.15, -0.1) is 0 Å². The molecule has 0 radical (unpaired) electrons. The number of nitrogens with one attached hydrogen (secondary N) is 1. The molecule has 0 aliphatic carbocycles. The molecule has 5 heteroatoms. The Balaban J connectivity index is 2.53. The summed E-state index contributed by atoms with van der Waals surface area (Å²) in [5, 5.41) is 0.448. The monoisotopic (exact) mass is 194 g/mol. The van der Waals surface area contributed by atoms with E-state index in [0.717, 1.165) is 5.56 Å². The Hall–Kier alpha value is -1.55. The molecule has 0 bridgehead atoms. The van der Waals surface area contributed by atoms with Gasteiger partial charge in [-0.2, -0.15) is 0 Å². The number of anilines is 1. The molecule has 0 saturated heterocycles. The summed E-state index contributed by atoms with van der Waals surface area (Å²) in [5.74, 6) is 0.316. The Morgan fingerprint density at radius 1 is 1.31 bits per heavy atom. The van der Waals surface area contributed by atoms with Crippen LogP contribution in [0.1, 0.15) is 0 Å². The SMILES string of the molecule is Nc1nc(-c2ccncc2)c(Cl)[nH]1. The van der Waals surface area contributed by atoms with Gasteiger partial charge in [-0.05, 0) is 12.1 Å². The summed E-state index contributed by atoms with van der Waals surface area (Å²) in [6.07, 6.45) is 3.35. The van der Waals surface area contributed by atoms with E-state index in [0.29, 0.717) is 16.8 Å². The minimum Gasteiger partial charge on any atom is -0.369 e. The molecule has 0 amide bonds. The molecular formula is C8H7ClN4. The van der Waals surface area contributed by atoms with Crippen LogP contribution in [0.15, 0.2) is 24.5 Å². The molecule has 4 nitrogen and oxygen atoms in total. The van der Waals surface area contributed by atoms with Crippen LogP contribution in [0.2, 0.25) is 5.15 Å². The van der Waals surface area contributed by atoms with Crippen molar-refractivity contribution >= 4 is 17.5 Å². The summed E-state index contributed by atoms with van der Waals surface area (Å²) in [6.45, 7) is 0. The topological polar surface area (TPSA) is 67.6 Å². The Morgan fingerprint density at radius 2 is 2.00 bits per heavy atom. The maximum Gasteiger partial charge on any atom is 0.199 e. The molecule has 0 fully saturated rings. The number of H-pyrrole nitrogens is 1. The van der Waals surface area contributed by atoms with Crippen molar-refractivity contribution in [3.63, 3.8) is 0 Å². The van der Waals surface area contributed by atoms with Crippen LogP contribution in [-0.2, 0) is 0 Å². The normalized spacial score (nSPS) is 10.2. The zero-order valence-electron chi connectivity index (χ0n) is 6.66. The van der Waals surface area contributed by atoms with Gasteiger partial charge in [0.05, 0.1) is 0 Å². The van der Waals surface area contributed by atoms with Gasteiger partial charge in [0.15, 0.2) is 5.95 Å². The fourth-order valence-electron chi connectivity index (χ4n) is 1.07. The summed E-state index contributed by atoms with van der Waals surface area (Å²) < 4.78 is 0. The van der Waals surface area contributed by atoms with Crippen molar-refractivity contribution in [2.75, 3.05) is 5.73 Å². The van der Waals surface area contributed by atoms with Gasteiger partial charge in [0, 0.05) is 18.0 Å². The van der Waals surface area contributed by atoms with E-state index in [-0.39, 0.29) is 0 Å². The number of hydrogen-bond donors (Lipinski definition) is 2. The molecule has 0 unspecified atom stereocenters. The van der Waals surface area contributed by atoms with Crippen LogP contribution >= 0.6 is 11.6 Å². The van der Waals surface area contributed by atoms with Crippen molar-refractivity contribution in [3.05, 3.63) is 29.7 Å². The van der Waals surface area contributed by atoms with Gasteiger partial charge in [-0.25, -0.2) is 4.98 Å². The molecule has 2 heterocycles. The van der Waals surface area contributed by atoms with Crippen molar-refractivity contribution in [1.29, 1.82) is 0 Å². The number of aromatic amines is 1. The number of imidazole rings is 1. The van der Waals surface area contributed by atoms with Crippen LogP contribution in [0.5, 0.6) is 0 Å². The summed E-state index contributed by atoms with van der Waals surface area (Å²) in [6, 6.07) is 3.64. The predicted molar refractivity (Wildman–Crippen MR) is 51.2 cm³/mol. The summed E-state index contributed by atoms with van der Waals surface area (Å²) in [5.41, 5.74) is 7.00. The van der Waals surface area contributed by atoms with E-state index in [1.54, 1.807) is 12.4 Å². The number of pyridine rings is 1. The molecule has 0 spiro atoms. The molecule has 0 aliphatic heterocycles. The first-order valence-corrected chi connectivity index (χ1v) is 4.06. The maximum absolute atomic E-state index is 5.86. The Bertz CT molecular complexity index is 409. The van der Waals surface area contributed by atoms with Crippen molar-refractivity contribution in [2.24, 2.45) is 0 Å². The lowest BCUT2D eigenvalue weighted by Gasteiger charge is -1.94. The first-order valence-electron chi connectivity index (χ1n) is 3.69. The lowest BCUT2D eigenvalue weighted by atomic mass is 10.2. The summed E-state index contributed by atoms with van der Waals surface area (Å²) in [4.78, 5) is 10.7. The first kappa shape index (κ1) is 8.07. The van der Waals surface area contributed by atoms with Gasteiger partial charge in [0.2, 0.25) is 0 Å². The average molecular weight is 195 g/mol. The largest absolute Gasteiger partial charge is 0.369 e. The second kappa shape index (κ2) is 3.06. The zero-order chi connectivity index (χ0) is 9.26. The lowest BCUT2D eigenvalue weighted by molar-refractivity contribution is 1.31. The number of nitrogens with two attached hydrogens (primary N) is 1. The highest BCUT2D eigenvalue weighted by molar-refractivity contribution is 6.32. The van der Waals surface area contributed by atoms with Gasteiger partial charge in [0.25, 0.3) is 0 Å². The molecule has 2 rings (SSSR count). The zero-order valence-corrected chi connectivity index (χ0v) is 7.42. The van der Waals surface area contributed by atoms with E-state index >= 15 is 0 Å². The first-order chi connectivity index (χ1) is 6.27.